The zero-order valence-corrected chi connectivity index (χ0v) is 12.6. The highest BCUT2D eigenvalue weighted by molar-refractivity contribution is 5.98. The molecule has 0 aromatic heterocycles. The standard InChI is InChI=1S/C16H21NO4/c1-11(2)15(16(20)21-3)17-14(19)10-9-13(18)12-7-5-4-6-8-12/h4-8,11,15H,9-10H2,1-3H3,(H,17,19). The number of hydrogen-bond acceptors (Lipinski definition) is 4. The Morgan fingerprint density at radius 2 is 1.71 bits per heavy atom. The van der Waals surface area contributed by atoms with Crippen molar-refractivity contribution in [3.8, 4) is 0 Å². The second-order valence-corrected chi connectivity index (χ2v) is 5.10. The summed E-state index contributed by atoms with van der Waals surface area (Å²) >= 11 is 0. The predicted octanol–water partition coefficient (Wildman–Crippen LogP) is 1.96. The zero-order chi connectivity index (χ0) is 15.8. The van der Waals surface area contributed by atoms with Gasteiger partial charge in [-0.25, -0.2) is 4.79 Å². The molecule has 1 aromatic carbocycles. The average molecular weight is 291 g/mol. The van der Waals surface area contributed by atoms with Gasteiger partial charge in [-0.15, -0.1) is 0 Å². The molecule has 0 radical (unpaired) electrons. The number of benzene rings is 1. The fourth-order valence-electron chi connectivity index (χ4n) is 1.87. The molecule has 1 aromatic rings. The Morgan fingerprint density at radius 1 is 1.10 bits per heavy atom. The van der Waals surface area contributed by atoms with E-state index in [1.807, 2.05) is 19.9 Å². The van der Waals surface area contributed by atoms with Crippen LogP contribution in [0.1, 0.15) is 37.0 Å². The highest BCUT2D eigenvalue weighted by atomic mass is 16.5. The lowest BCUT2D eigenvalue weighted by atomic mass is 10.0. The summed E-state index contributed by atoms with van der Waals surface area (Å²) in [4.78, 5) is 35.3. The van der Waals surface area contributed by atoms with Crippen LogP contribution in [0.25, 0.3) is 0 Å². The van der Waals surface area contributed by atoms with Gasteiger partial charge < -0.3 is 10.1 Å². The topological polar surface area (TPSA) is 72.5 Å². The number of ether oxygens (including phenoxy) is 1. The largest absolute Gasteiger partial charge is 0.467 e. The second-order valence-electron chi connectivity index (χ2n) is 5.10. The molecule has 0 bridgehead atoms. The number of rotatable bonds is 7. The van der Waals surface area contributed by atoms with Crippen LogP contribution in [0.2, 0.25) is 0 Å². The van der Waals surface area contributed by atoms with Gasteiger partial charge >= 0.3 is 5.97 Å². The first-order valence-corrected chi connectivity index (χ1v) is 6.91. The van der Waals surface area contributed by atoms with Crippen molar-refractivity contribution in [3.05, 3.63) is 35.9 Å². The van der Waals surface area contributed by atoms with Crippen molar-refractivity contribution in [3.63, 3.8) is 0 Å². The molecule has 0 aliphatic rings. The van der Waals surface area contributed by atoms with Crippen LogP contribution < -0.4 is 5.32 Å². The molecule has 5 nitrogen and oxygen atoms in total. The van der Waals surface area contributed by atoms with Crippen molar-refractivity contribution in [1.29, 1.82) is 0 Å². The second kappa shape index (κ2) is 8.19. The smallest absolute Gasteiger partial charge is 0.328 e. The van der Waals surface area contributed by atoms with Crippen LogP contribution in [0, 0.1) is 5.92 Å². The molecular weight excluding hydrogens is 270 g/mol. The minimum absolute atomic E-state index is 0.0495. The van der Waals surface area contributed by atoms with Gasteiger partial charge in [0.2, 0.25) is 5.91 Å². The maximum atomic E-state index is 11.9. The number of nitrogens with one attached hydrogen (secondary N) is 1. The molecule has 0 heterocycles. The van der Waals surface area contributed by atoms with E-state index in [0.29, 0.717) is 5.56 Å². The van der Waals surface area contributed by atoms with E-state index in [-0.39, 0.29) is 30.4 Å². The Bertz CT molecular complexity index is 496. The third-order valence-corrected chi connectivity index (χ3v) is 3.11. The highest BCUT2D eigenvalue weighted by Gasteiger charge is 2.24. The summed E-state index contributed by atoms with van der Waals surface area (Å²) in [6.07, 6.45) is 0.162. The average Bonchev–Trinajstić information content (AvgIpc) is 2.50. The number of ketones is 1. The van der Waals surface area contributed by atoms with Crippen molar-refractivity contribution in [2.75, 3.05) is 7.11 Å². The van der Waals surface area contributed by atoms with E-state index >= 15 is 0 Å². The van der Waals surface area contributed by atoms with Crippen molar-refractivity contribution < 1.29 is 19.1 Å². The zero-order valence-electron chi connectivity index (χ0n) is 12.6. The van der Waals surface area contributed by atoms with E-state index in [4.69, 9.17) is 0 Å². The number of carbonyl (C=O) groups is 3. The van der Waals surface area contributed by atoms with Gasteiger partial charge in [0.25, 0.3) is 0 Å². The maximum Gasteiger partial charge on any atom is 0.328 e. The summed E-state index contributed by atoms with van der Waals surface area (Å²) in [7, 11) is 1.28. The number of amides is 1. The number of methoxy groups -OCH3 is 1. The van der Waals surface area contributed by atoms with Gasteiger partial charge in [-0.05, 0) is 5.92 Å². The van der Waals surface area contributed by atoms with Crippen molar-refractivity contribution in [1.82, 2.24) is 5.32 Å². The summed E-state index contributed by atoms with van der Waals surface area (Å²) in [5, 5.41) is 2.61. The molecule has 5 heteroatoms. The van der Waals surface area contributed by atoms with Gasteiger partial charge in [-0.3, -0.25) is 9.59 Å². The number of carbonyl (C=O) groups excluding carboxylic acids is 3. The van der Waals surface area contributed by atoms with Gasteiger partial charge in [0, 0.05) is 18.4 Å². The molecule has 1 amide bonds. The van der Waals surface area contributed by atoms with Crippen molar-refractivity contribution in [2.24, 2.45) is 5.92 Å². The lowest BCUT2D eigenvalue weighted by Crippen LogP contribution is -2.45. The van der Waals surface area contributed by atoms with Crippen LogP contribution in [-0.2, 0) is 14.3 Å². The van der Waals surface area contributed by atoms with E-state index in [1.54, 1.807) is 24.3 Å². The summed E-state index contributed by atoms with van der Waals surface area (Å²) in [6, 6.07) is 8.12. The molecule has 0 saturated heterocycles. The molecule has 21 heavy (non-hydrogen) atoms. The lowest BCUT2D eigenvalue weighted by molar-refractivity contribution is -0.146. The SMILES string of the molecule is COC(=O)C(NC(=O)CCC(=O)c1ccccc1)C(C)C. The van der Waals surface area contributed by atoms with E-state index in [0.717, 1.165) is 0 Å². The van der Waals surface area contributed by atoms with Crippen LogP contribution in [-0.4, -0.2) is 30.8 Å². The van der Waals surface area contributed by atoms with Crippen LogP contribution in [0.5, 0.6) is 0 Å². The Kier molecular flexibility index (Phi) is 6.59. The fourth-order valence-corrected chi connectivity index (χ4v) is 1.87. The Morgan fingerprint density at radius 3 is 2.24 bits per heavy atom. The molecule has 0 spiro atoms. The van der Waals surface area contributed by atoms with Crippen LogP contribution in [0.3, 0.4) is 0 Å². The Balaban J connectivity index is 2.50. The minimum Gasteiger partial charge on any atom is -0.467 e. The van der Waals surface area contributed by atoms with E-state index in [9.17, 15) is 14.4 Å². The number of esters is 1. The Hall–Kier alpha value is -2.17. The van der Waals surface area contributed by atoms with Gasteiger partial charge in [-0.2, -0.15) is 0 Å². The highest BCUT2D eigenvalue weighted by Crippen LogP contribution is 2.07. The molecule has 114 valence electrons. The molecule has 1 atom stereocenters. The normalized spacial score (nSPS) is 11.8. The Labute approximate surface area is 124 Å². The van der Waals surface area contributed by atoms with Crippen molar-refractivity contribution >= 4 is 17.7 Å². The third kappa shape index (κ3) is 5.38. The van der Waals surface area contributed by atoms with Crippen LogP contribution >= 0.6 is 0 Å². The molecule has 1 rings (SSSR count). The quantitative estimate of drug-likeness (QED) is 0.615. The first-order chi connectivity index (χ1) is 9.95. The molecular formula is C16H21NO4. The number of hydrogen-bond donors (Lipinski definition) is 1. The lowest BCUT2D eigenvalue weighted by Gasteiger charge is -2.19. The summed E-state index contributed by atoms with van der Waals surface area (Å²) in [5.74, 6) is -0.979. The van der Waals surface area contributed by atoms with E-state index in [1.165, 1.54) is 7.11 Å². The van der Waals surface area contributed by atoms with E-state index in [2.05, 4.69) is 10.1 Å². The predicted molar refractivity (Wildman–Crippen MR) is 78.8 cm³/mol. The summed E-state index contributed by atoms with van der Waals surface area (Å²) in [5.41, 5.74) is 0.582. The number of Topliss-reactive ketones (excluding diaryl/α,β-unsaturated/α-hetero) is 1. The van der Waals surface area contributed by atoms with Crippen LogP contribution in [0.4, 0.5) is 0 Å². The van der Waals surface area contributed by atoms with E-state index < -0.39 is 12.0 Å². The summed E-state index contributed by atoms with van der Waals surface area (Å²) in [6.45, 7) is 3.63. The monoisotopic (exact) mass is 291 g/mol. The van der Waals surface area contributed by atoms with Gasteiger partial charge in [-0.1, -0.05) is 44.2 Å². The van der Waals surface area contributed by atoms with Gasteiger partial charge in [0.1, 0.15) is 6.04 Å². The summed E-state index contributed by atoms with van der Waals surface area (Å²) < 4.78 is 4.65. The van der Waals surface area contributed by atoms with Crippen molar-refractivity contribution in [2.45, 2.75) is 32.7 Å². The molecule has 1 N–H and O–H groups in total. The molecule has 0 aliphatic heterocycles. The fraction of sp³-hybridized carbons (Fsp3) is 0.438. The third-order valence-electron chi connectivity index (χ3n) is 3.11. The molecule has 0 saturated carbocycles. The van der Waals surface area contributed by atoms with Gasteiger partial charge in [0.05, 0.1) is 7.11 Å². The first kappa shape index (κ1) is 16.9. The van der Waals surface area contributed by atoms with Crippen LogP contribution in [0.15, 0.2) is 30.3 Å². The molecule has 1 unspecified atom stereocenters. The molecule has 0 fully saturated rings. The maximum absolute atomic E-state index is 11.9. The van der Waals surface area contributed by atoms with Gasteiger partial charge in [0.15, 0.2) is 5.78 Å². The first-order valence-electron chi connectivity index (χ1n) is 6.91. The molecule has 0 aliphatic carbocycles. The minimum atomic E-state index is -0.686.